The van der Waals surface area contributed by atoms with Crippen LogP contribution in [0.25, 0.3) is 0 Å². The van der Waals surface area contributed by atoms with Gasteiger partial charge in [-0.1, -0.05) is 12.1 Å². The van der Waals surface area contributed by atoms with E-state index in [-0.39, 0.29) is 6.04 Å². The summed E-state index contributed by atoms with van der Waals surface area (Å²) < 4.78 is 0. The molecule has 0 radical (unpaired) electrons. The second-order valence-corrected chi connectivity index (χ2v) is 3.72. The summed E-state index contributed by atoms with van der Waals surface area (Å²) in [7, 11) is 3.90. The number of hydrogen-bond acceptors (Lipinski definition) is 2. The molecule has 1 heterocycles. The Kier molecular flexibility index (Phi) is 3.27. The van der Waals surface area contributed by atoms with Gasteiger partial charge in [0.25, 0.3) is 0 Å². The van der Waals surface area contributed by atoms with E-state index >= 15 is 0 Å². The highest BCUT2D eigenvalue weighted by atomic mass is 14.9. The predicted octanol–water partition coefficient (Wildman–Crippen LogP) is 2.37. The van der Waals surface area contributed by atoms with Crippen molar-refractivity contribution in [2.45, 2.75) is 6.04 Å². The molecule has 0 bridgehead atoms. The topological polar surface area (TPSA) is 39.8 Å². The Labute approximate surface area is 95.9 Å². The lowest BCUT2D eigenvalue weighted by molar-refractivity contribution is 0.675. The Morgan fingerprint density at radius 2 is 2.00 bits per heavy atom. The summed E-state index contributed by atoms with van der Waals surface area (Å²) in [6.07, 6.45) is 1.95. The largest absolute Gasteiger partial charge is 0.388 e. The lowest BCUT2D eigenvalue weighted by Crippen LogP contribution is -2.18. The van der Waals surface area contributed by atoms with E-state index in [1.807, 2.05) is 26.4 Å². The van der Waals surface area contributed by atoms with Crippen LogP contribution in [0.2, 0.25) is 0 Å². The molecule has 0 saturated heterocycles. The molecule has 1 aromatic carbocycles. The van der Waals surface area contributed by atoms with Crippen molar-refractivity contribution in [3.05, 3.63) is 53.9 Å². The molecule has 0 saturated carbocycles. The van der Waals surface area contributed by atoms with E-state index in [9.17, 15) is 0 Å². The van der Waals surface area contributed by atoms with Crippen LogP contribution >= 0.6 is 0 Å². The molecule has 2 rings (SSSR count). The number of aromatic amines is 1. The third kappa shape index (κ3) is 2.09. The molecule has 1 unspecified atom stereocenters. The SMILES string of the molecule is CNc1cccc(C(NC)c2ccc[nH]2)c1. The minimum absolute atomic E-state index is 0.211. The number of aromatic nitrogens is 1. The molecule has 16 heavy (non-hydrogen) atoms. The summed E-state index contributed by atoms with van der Waals surface area (Å²) in [6.45, 7) is 0. The second-order valence-electron chi connectivity index (χ2n) is 3.72. The first-order valence-electron chi connectivity index (χ1n) is 5.43. The van der Waals surface area contributed by atoms with Crippen LogP contribution < -0.4 is 10.6 Å². The van der Waals surface area contributed by atoms with Gasteiger partial charge in [0.2, 0.25) is 0 Å². The fourth-order valence-electron chi connectivity index (χ4n) is 1.90. The lowest BCUT2D eigenvalue weighted by atomic mass is 10.0. The van der Waals surface area contributed by atoms with Gasteiger partial charge in [-0.2, -0.15) is 0 Å². The monoisotopic (exact) mass is 215 g/mol. The van der Waals surface area contributed by atoms with Crippen molar-refractivity contribution >= 4 is 5.69 Å². The molecule has 0 aliphatic carbocycles. The zero-order valence-electron chi connectivity index (χ0n) is 9.62. The molecule has 3 heteroatoms. The van der Waals surface area contributed by atoms with Gasteiger partial charge in [-0.05, 0) is 36.9 Å². The first-order chi connectivity index (χ1) is 7.85. The van der Waals surface area contributed by atoms with E-state index < -0.39 is 0 Å². The molecule has 0 spiro atoms. The number of nitrogens with one attached hydrogen (secondary N) is 3. The van der Waals surface area contributed by atoms with Gasteiger partial charge in [0.05, 0.1) is 6.04 Å². The number of H-pyrrole nitrogens is 1. The summed E-state index contributed by atoms with van der Waals surface area (Å²) in [4.78, 5) is 3.24. The molecule has 0 amide bonds. The van der Waals surface area contributed by atoms with Gasteiger partial charge in [0.1, 0.15) is 0 Å². The number of hydrogen-bond donors (Lipinski definition) is 3. The standard InChI is InChI=1S/C13H17N3/c1-14-11-6-3-5-10(9-11)13(15-2)12-7-4-8-16-12/h3-9,13-16H,1-2H3. The zero-order valence-corrected chi connectivity index (χ0v) is 9.62. The fraction of sp³-hybridized carbons (Fsp3) is 0.231. The Balaban J connectivity index is 2.33. The van der Waals surface area contributed by atoms with Crippen molar-refractivity contribution in [1.29, 1.82) is 0 Å². The summed E-state index contributed by atoms with van der Waals surface area (Å²) in [5.41, 5.74) is 3.55. The Morgan fingerprint density at radius 3 is 2.62 bits per heavy atom. The Hall–Kier alpha value is -1.74. The third-order valence-electron chi connectivity index (χ3n) is 2.73. The van der Waals surface area contributed by atoms with Crippen molar-refractivity contribution in [3.8, 4) is 0 Å². The van der Waals surface area contributed by atoms with Gasteiger partial charge in [0.15, 0.2) is 0 Å². The number of anilines is 1. The first kappa shape index (κ1) is 10.8. The van der Waals surface area contributed by atoms with Crippen LogP contribution in [0.15, 0.2) is 42.6 Å². The lowest BCUT2D eigenvalue weighted by Gasteiger charge is -2.16. The number of rotatable bonds is 4. The highest BCUT2D eigenvalue weighted by Crippen LogP contribution is 2.22. The quantitative estimate of drug-likeness (QED) is 0.732. The molecule has 0 aliphatic heterocycles. The van der Waals surface area contributed by atoms with E-state index in [0.717, 1.165) is 5.69 Å². The predicted molar refractivity (Wildman–Crippen MR) is 67.7 cm³/mol. The van der Waals surface area contributed by atoms with E-state index in [1.165, 1.54) is 11.3 Å². The summed E-state index contributed by atoms with van der Waals surface area (Å²) >= 11 is 0. The highest BCUT2D eigenvalue weighted by molar-refractivity contribution is 5.47. The van der Waals surface area contributed by atoms with E-state index in [4.69, 9.17) is 0 Å². The van der Waals surface area contributed by atoms with Crippen LogP contribution in [0.5, 0.6) is 0 Å². The maximum atomic E-state index is 3.31. The van der Waals surface area contributed by atoms with E-state index in [0.29, 0.717) is 0 Å². The molecule has 1 atom stereocenters. The summed E-state index contributed by atoms with van der Waals surface area (Å²) in [5, 5.41) is 6.47. The summed E-state index contributed by atoms with van der Waals surface area (Å²) in [5.74, 6) is 0. The molecular formula is C13H17N3. The molecule has 2 aromatic rings. The van der Waals surface area contributed by atoms with Crippen molar-refractivity contribution in [2.24, 2.45) is 0 Å². The zero-order chi connectivity index (χ0) is 11.4. The van der Waals surface area contributed by atoms with E-state index in [2.05, 4.69) is 45.9 Å². The Bertz CT molecular complexity index is 434. The second kappa shape index (κ2) is 4.86. The van der Waals surface area contributed by atoms with Gasteiger partial charge in [-0.25, -0.2) is 0 Å². The normalized spacial score (nSPS) is 12.4. The van der Waals surface area contributed by atoms with Crippen molar-refractivity contribution < 1.29 is 0 Å². The fourth-order valence-corrected chi connectivity index (χ4v) is 1.90. The first-order valence-corrected chi connectivity index (χ1v) is 5.43. The number of benzene rings is 1. The van der Waals surface area contributed by atoms with Gasteiger partial charge in [0, 0.05) is 24.6 Å². The Morgan fingerprint density at radius 1 is 1.12 bits per heavy atom. The van der Waals surface area contributed by atoms with Crippen molar-refractivity contribution in [2.75, 3.05) is 19.4 Å². The van der Waals surface area contributed by atoms with Gasteiger partial charge >= 0.3 is 0 Å². The maximum absolute atomic E-state index is 3.31. The summed E-state index contributed by atoms with van der Waals surface area (Å²) in [6, 6.07) is 12.7. The minimum atomic E-state index is 0.211. The molecular weight excluding hydrogens is 198 g/mol. The molecule has 0 aliphatic rings. The van der Waals surface area contributed by atoms with E-state index in [1.54, 1.807) is 0 Å². The molecule has 84 valence electrons. The van der Waals surface area contributed by atoms with Gasteiger partial charge in [-0.3, -0.25) is 0 Å². The molecule has 3 nitrogen and oxygen atoms in total. The van der Waals surface area contributed by atoms with Gasteiger partial charge in [-0.15, -0.1) is 0 Å². The van der Waals surface area contributed by atoms with Gasteiger partial charge < -0.3 is 15.6 Å². The molecule has 1 aromatic heterocycles. The maximum Gasteiger partial charge on any atom is 0.0727 e. The average Bonchev–Trinajstić information content (AvgIpc) is 2.84. The highest BCUT2D eigenvalue weighted by Gasteiger charge is 2.12. The van der Waals surface area contributed by atoms with Crippen LogP contribution in [0.3, 0.4) is 0 Å². The van der Waals surface area contributed by atoms with Crippen LogP contribution in [-0.2, 0) is 0 Å². The van der Waals surface area contributed by atoms with Crippen LogP contribution in [-0.4, -0.2) is 19.1 Å². The smallest absolute Gasteiger partial charge is 0.0727 e. The average molecular weight is 215 g/mol. The van der Waals surface area contributed by atoms with Crippen LogP contribution in [0, 0.1) is 0 Å². The van der Waals surface area contributed by atoms with Crippen LogP contribution in [0.1, 0.15) is 17.3 Å². The van der Waals surface area contributed by atoms with Crippen molar-refractivity contribution in [3.63, 3.8) is 0 Å². The van der Waals surface area contributed by atoms with Crippen LogP contribution in [0.4, 0.5) is 5.69 Å². The minimum Gasteiger partial charge on any atom is -0.388 e. The van der Waals surface area contributed by atoms with Crippen molar-refractivity contribution in [1.82, 2.24) is 10.3 Å². The third-order valence-corrected chi connectivity index (χ3v) is 2.73. The molecule has 3 N–H and O–H groups in total. The molecule has 0 fully saturated rings.